The summed E-state index contributed by atoms with van der Waals surface area (Å²) in [7, 11) is 0. The number of benzene rings is 2. The van der Waals surface area contributed by atoms with E-state index in [9.17, 15) is 4.79 Å². The second-order valence-electron chi connectivity index (χ2n) is 7.39. The Labute approximate surface area is 180 Å². The monoisotopic (exact) mass is 416 g/mol. The molecule has 0 bridgehead atoms. The van der Waals surface area contributed by atoms with Gasteiger partial charge in [0, 0.05) is 41.0 Å². The number of aromatic nitrogens is 2. The van der Waals surface area contributed by atoms with Gasteiger partial charge in [0.15, 0.2) is 12.4 Å². The number of hydrogen-bond acceptors (Lipinski definition) is 7. The Morgan fingerprint density at radius 1 is 1.23 bits per heavy atom. The summed E-state index contributed by atoms with van der Waals surface area (Å²) in [5, 5.41) is 13.6. The molecule has 0 radical (unpaired) electrons. The molecule has 1 heterocycles. The van der Waals surface area contributed by atoms with Gasteiger partial charge in [-0.25, -0.2) is 9.97 Å². The third-order valence-electron chi connectivity index (χ3n) is 5.10. The Balaban J connectivity index is 1.44. The fourth-order valence-electron chi connectivity index (χ4n) is 3.19. The SMILES string of the molecule is N=Cc1cc(Nc2ccnc(-c3cccc(OCC(=O)NC4CCC4)c3)n2)ccc1N. The number of carbonyl (C=O) groups is 1. The first kappa shape index (κ1) is 20.3. The van der Waals surface area contributed by atoms with Gasteiger partial charge in [-0.1, -0.05) is 12.1 Å². The molecule has 4 rings (SSSR count). The molecule has 8 nitrogen and oxygen atoms in total. The van der Waals surface area contributed by atoms with Crippen molar-refractivity contribution in [2.75, 3.05) is 17.7 Å². The second-order valence-corrected chi connectivity index (χ2v) is 7.39. The van der Waals surface area contributed by atoms with Crippen molar-refractivity contribution in [3.05, 3.63) is 60.3 Å². The fourth-order valence-corrected chi connectivity index (χ4v) is 3.19. The number of nitrogens with zero attached hydrogens (tertiary/aromatic N) is 2. The Morgan fingerprint density at radius 2 is 2.10 bits per heavy atom. The minimum absolute atomic E-state index is 0.0190. The summed E-state index contributed by atoms with van der Waals surface area (Å²) in [5.41, 5.74) is 8.56. The van der Waals surface area contributed by atoms with Crippen LogP contribution < -0.4 is 21.1 Å². The summed E-state index contributed by atoms with van der Waals surface area (Å²) < 4.78 is 5.65. The number of ether oxygens (including phenoxy) is 1. The first-order chi connectivity index (χ1) is 15.1. The highest BCUT2D eigenvalue weighted by atomic mass is 16.5. The van der Waals surface area contributed by atoms with Crippen molar-refractivity contribution in [2.24, 2.45) is 0 Å². The van der Waals surface area contributed by atoms with Crippen LogP contribution in [0.1, 0.15) is 24.8 Å². The van der Waals surface area contributed by atoms with Gasteiger partial charge in [0.05, 0.1) is 0 Å². The molecule has 158 valence electrons. The zero-order chi connectivity index (χ0) is 21.6. The zero-order valence-electron chi connectivity index (χ0n) is 17.0. The predicted molar refractivity (Wildman–Crippen MR) is 121 cm³/mol. The topological polar surface area (TPSA) is 126 Å². The fraction of sp³-hybridized carbons (Fsp3) is 0.217. The molecule has 1 aliphatic rings. The van der Waals surface area contributed by atoms with Gasteiger partial charge < -0.3 is 26.5 Å². The third-order valence-corrected chi connectivity index (χ3v) is 5.10. The molecule has 0 unspecified atom stereocenters. The summed E-state index contributed by atoms with van der Waals surface area (Å²) in [6, 6.07) is 14.7. The molecule has 0 aliphatic heterocycles. The molecular weight excluding hydrogens is 392 g/mol. The molecule has 0 atom stereocenters. The standard InChI is InChI=1S/C23H24N6O2/c24-13-16-11-18(7-8-20(16)25)27-21-9-10-26-23(29-21)15-3-1-6-19(12-15)31-14-22(30)28-17-4-2-5-17/h1,3,6-13,17,24H,2,4-5,14,25H2,(H,28,30)(H,26,27,29). The third kappa shape index (κ3) is 5.16. The summed E-state index contributed by atoms with van der Waals surface area (Å²) in [6.07, 6.45) is 6.14. The highest BCUT2D eigenvalue weighted by Gasteiger charge is 2.19. The van der Waals surface area contributed by atoms with E-state index < -0.39 is 0 Å². The van der Waals surface area contributed by atoms with E-state index in [0.29, 0.717) is 34.7 Å². The quantitative estimate of drug-likeness (QED) is 0.329. The molecule has 1 fully saturated rings. The van der Waals surface area contributed by atoms with Crippen molar-refractivity contribution in [1.82, 2.24) is 15.3 Å². The van der Waals surface area contributed by atoms with Crippen molar-refractivity contribution < 1.29 is 9.53 Å². The van der Waals surface area contributed by atoms with Crippen LogP contribution in [0.25, 0.3) is 11.4 Å². The lowest BCUT2D eigenvalue weighted by Crippen LogP contribution is -2.41. The van der Waals surface area contributed by atoms with Crippen LogP contribution in [-0.2, 0) is 4.79 Å². The molecule has 0 saturated heterocycles. The molecule has 1 saturated carbocycles. The Hall–Kier alpha value is -3.94. The lowest BCUT2D eigenvalue weighted by atomic mass is 9.93. The summed E-state index contributed by atoms with van der Waals surface area (Å²) >= 11 is 0. The van der Waals surface area contributed by atoms with Gasteiger partial charge >= 0.3 is 0 Å². The number of carbonyl (C=O) groups excluding carboxylic acids is 1. The Morgan fingerprint density at radius 3 is 2.87 bits per heavy atom. The molecule has 0 spiro atoms. The van der Waals surface area contributed by atoms with Gasteiger partial charge in [-0.2, -0.15) is 0 Å². The Kier molecular flexibility index (Phi) is 6.07. The van der Waals surface area contributed by atoms with Crippen LogP contribution in [0.15, 0.2) is 54.7 Å². The van der Waals surface area contributed by atoms with Gasteiger partial charge in [-0.05, 0) is 55.7 Å². The zero-order valence-corrected chi connectivity index (χ0v) is 17.0. The smallest absolute Gasteiger partial charge is 0.258 e. The highest BCUT2D eigenvalue weighted by molar-refractivity contribution is 5.87. The molecule has 1 amide bonds. The summed E-state index contributed by atoms with van der Waals surface area (Å²) in [5.74, 6) is 1.61. The van der Waals surface area contributed by atoms with E-state index in [0.717, 1.165) is 24.1 Å². The van der Waals surface area contributed by atoms with Crippen LogP contribution in [0.5, 0.6) is 5.75 Å². The van der Waals surface area contributed by atoms with Gasteiger partial charge in [0.25, 0.3) is 5.91 Å². The van der Waals surface area contributed by atoms with Crippen molar-refractivity contribution in [2.45, 2.75) is 25.3 Å². The van der Waals surface area contributed by atoms with Crippen LogP contribution in [0.2, 0.25) is 0 Å². The predicted octanol–water partition coefficient (Wildman–Crippen LogP) is 3.51. The van der Waals surface area contributed by atoms with E-state index in [2.05, 4.69) is 20.6 Å². The number of amides is 1. The van der Waals surface area contributed by atoms with Crippen LogP contribution in [0.3, 0.4) is 0 Å². The van der Waals surface area contributed by atoms with Crippen LogP contribution in [0, 0.1) is 5.41 Å². The molecule has 5 N–H and O–H groups in total. The molecule has 3 aromatic rings. The normalized spacial score (nSPS) is 13.2. The van der Waals surface area contributed by atoms with Crippen LogP contribution in [0.4, 0.5) is 17.2 Å². The van der Waals surface area contributed by atoms with Crippen molar-refractivity contribution in [3.63, 3.8) is 0 Å². The minimum Gasteiger partial charge on any atom is -0.484 e. The molecule has 1 aliphatic carbocycles. The average molecular weight is 416 g/mol. The minimum atomic E-state index is -0.106. The van der Waals surface area contributed by atoms with E-state index in [-0.39, 0.29) is 12.5 Å². The molecule has 1 aromatic heterocycles. The van der Waals surface area contributed by atoms with E-state index in [1.165, 1.54) is 12.6 Å². The van der Waals surface area contributed by atoms with Crippen molar-refractivity contribution in [1.29, 1.82) is 5.41 Å². The molecular formula is C23H24N6O2. The molecule has 2 aromatic carbocycles. The number of rotatable bonds is 8. The van der Waals surface area contributed by atoms with Gasteiger partial charge in [0.2, 0.25) is 0 Å². The number of hydrogen-bond donors (Lipinski definition) is 4. The van der Waals surface area contributed by atoms with E-state index in [1.54, 1.807) is 30.5 Å². The molecule has 8 heteroatoms. The lowest BCUT2D eigenvalue weighted by Gasteiger charge is -2.26. The van der Waals surface area contributed by atoms with Crippen molar-refractivity contribution >= 4 is 29.3 Å². The van der Waals surface area contributed by atoms with E-state index >= 15 is 0 Å². The van der Waals surface area contributed by atoms with Crippen molar-refractivity contribution in [3.8, 4) is 17.1 Å². The van der Waals surface area contributed by atoms with Crippen LogP contribution >= 0.6 is 0 Å². The largest absolute Gasteiger partial charge is 0.484 e. The first-order valence-electron chi connectivity index (χ1n) is 10.1. The second kappa shape index (κ2) is 9.25. The lowest BCUT2D eigenvalue weighted by molar-refractivity contribution is -0.124. The number of anilines is 3. The number of nitrogens with one attached hydrogen (secondary N) is 3. The van der Waals surface area contributed by atoms with Gasteiger partial charge in [-0.3, -0.25) is 4.79 Å². The maximum atomic E-state index is 12.0. The van der Waals surface area contributed by atoms with Gasteiger partial charge in [-0.15, -0.1) is 0 Å². The molecule has 31 heavy (non-hydrogen) atoms. The van der Waals surface area contributed by atoms with Crippen LogP contribution in [-0.4, -0.2) is 34.7 Å². The highest BCUT2D eigenvalue weighted by Crippen LogP contribution is 2.24. The first-order valence-corrected chi connectivity index (χ1v) is 10.1. The van der Waals surface area contributed by atoms with Gasteiger partial charge in [0.1, 0.15) is 11.6 Å². The maximum absolute atomic E-state index is 12.0. The number of nitrogens with two attached hydrogens (primary N) is 1. The number of nitrogen functional groups attached to an aromatic ring is 1. The summed E-state index contributed by atoms with van der Waals surface area (Å²) in [4.78, 5) is 20.9. The van der Waals surface area contributed by atoms with E-state index in [1.807, 2.05) is 24.3 Å². The Bertz CT molecular complexity index is 1100. The summed E-state index contributed by atoms with van der Waals surface area (Å²) in [6.45, 7) is -0.0190. The maximum Gasteiger partial charge on any atom is 0.258 e. The average Bonchev–Trinajstić information content (AvgIpc) is 2.76. The van der Waals surface area contributed by atoms with E-state index in [4.69, 9.17) is 15.9 Å².